The zero-order valence-electron chi connectivity index (χ0n) is 21.6. The van der Waals surface area contributed by atoms with E-state index in [1.807, 2.05) is 0 Å². The molecule has 1 saturated heterocycles. The van der Waals surface area contributed by atoms with Gasteiger partial charge in [-0.1, -0.05) is 34.6 Å². The number of ether oxygens (including phenoxy) is 2. The van der Waals surface area contributed by atoms with E-state index in [-0.39, 0.29) is 40.7 Å². The van der Waals surface area contributed by atoms with Gasteiger partial charge in [0.15, 0.2) is 0 Å². The van der Waals surface area contributed by atoms with Crippen LogP contribution < -0.4 is 5.32 Å². The van der Waals surface area contributed by atoms with E-state index in [9.17, 15) is 9.90 Å². The smallest absolute Gasteiger partial charge is 0.407 e. The summed E-state index contributed by atoms with van der Waals surface area (Å²) in [5.41, 5.74) is 0.788. The fourth-order valence-corrected chi connectivity index (χ4v) is 11.5. The first-order chi connectivity index (χ1) is 15.5. The van der Waals surface area contributed by atoms with Crippen molar-refractivity contribution in [3.05, 3.63) is 0 Å². The summed E-state index contributed by atoms with van der Waals surface area (Å²) in [6.07, 6.45) is 8.84. The van der Waals surface area contributed by atoms with Gasteiger partial charge in [-0.05, 0) is 91.3 Å². The lowest BCUT2D eigenvalue weighted by molar-refractivity contribution is -0.182. The molecule has 5 aliphatic carbocycles. The summed E-state index contributed by atoms with van der Waals surface area (Å²) < 4.78 is 12.2. The standard InChI is InChI=1S/C28H45NO4/c1-16-10-14-32-21-20(16)25(4)12-13-28-15-27(28)11-9-19(33-23(31)29-6)24(2,3)17(27)7-8-18(28)26(25,5)22(21)30/h16-22,30H,7-15H2,1-6H3,(H,29,31)/t16-,17?,18?,19?,20+,21?,22+,25?,26-,27?,28?/m1/s1. The Morgan fingerprint density at radius 3 is 2.42 bits per heavy atom. The topological polar surface area (TPSA) is 67.8 Å². The van der Waals surface area contributed by atoms with Crippen molar-refractivity contribution in [2.75, 3.05) is 13.7 Å². The minimum absolute atomic E-state index is 0.0130. The van der Waals surface area contributed by atoms with E-state index in [0.29, 0.717) is 34.5 Å². The van der Waals surface area contributed by atoms with Gasteiger partial charge in [-0.3, -0.25) is 0 Å². The number of hydrogen-bond acceptors (Lipinski definition) is 4. The third-order valence-electron chi connectivity index (χ3n) is 13.2. The molecule has 0 aromatic carbocycles. The monoisotopic (exact) mass is 459 g/mol. The molecule has 0 aromatic heterocycles. The van der Waals surface area contributed by atoms with Crippen LogP contribution in [0.25, 0.3) is 0 Å². The number of carbonyl (C=O) groups is 1. The molecule has 0 aromatic rings. The molecule has 7 unspecified atom stereocenters. The van der Waals surface area contributed by atoms with E-state index in [0.717, 1.165) is 19.4 Å². The highest BCUT2D eigenvalue weighted by Gasteiger charge is 2.84. The summed E-state index contributed by atoms with van der Waals surface area (Å²) in [6, 6.07) is 0. The number of aliphatic hydroxyl groups excluding tert-OH is 1. The molecule has 5 saturated carbocycles. The highest BCUT2D eigenvalue weighted by molar-refractivity contribution is 5.67. The van der Waals surface area contributed by atoms with Crippen LogP contribution in [0, 0.1) is 50.7 Å². The number of alkyl carbamates (subject to hydrolysis) is 1. The Labute approximate surface area is 199 Å². The quantitative estimate of drug-likeness (QED) is 0.569. The molecule has 5 heteroatoms. The lowest BCUT2D eigenvalue weighted by atomic mass is 9.41. The molecule has 1 amide bonds. The first kappa shape index (κ1) is 22.6. The van der Waals surface area contributed by atoms with E-state index in [1.54, 1.807) is 7.05 Å². The van der Waals surface area contributed by atoms with Crippen molar-refractivity contribution >= 4 is 6.09 Å². The summed E-state index contributed by atoms with van der Waals surface area (Å²) in [5.74, 6) is 2.27. The number of carbonyl (C=O) groups excluding carboxylic acids is 1. The third kappa shape index (κ3) is 2.40. The van der Waals surface area contributed by atoms with Gasteiger partial charge in [-0.15, -0.1) is 0 Å². The maximum absolute atomic E-state index is 12.1. The van der Waals surface area contributed by atoms with Gasteiger partial charge < -0.3 is 19.9 Å². The first-order valence-electron chi connectivity index (χ1n) is 13.7. The second-order valence-electron chi connectivity index (χ2n) is 13.9. The fraction of sp³-hybridized carbons (Fsp3) is 0.964. The molecule has 1 aliphatic heterocycles. The number of nitrogens with one attached hydrogen (secondary N) is 1. The van der Waals surface area contributed by atoms with Crippen LogP contribution in [0.15, 0.2) is 0 Å². The van der Waals surface area contributed by atoms with Gasteiger partial charge in [0.25, 0.3) is 0 Å². The Balaban J connectivity index is 1.35. The summed E-state index contributed by atoms with van der Waals surface area (Å²) in [4.78, 5) is 12.1. The fourth-order valence-electron chi connectivity index (χ4n) is 11.5. The minimum atomic E-state index is -0.354. The molecule has 186 valence electrons. The highest BCUT2D eigenvalue weighted by Crippen LogP contribution is 2.89. The van der Waals surface area contributed by atoms with Crippen LogP contribution in [0.4, 0.5) is 4.79 Å². The minimum Gasteiger partial charge on any atom is -0.446 e. The Morgan fingerprint density at radius 1 is 1.00 bits per heavy atom. The van der Waals surface area contributed by atoms with E-state index in [4.69, 9.17) is 9.47 Å². The van der Waals surface area contributed by atoms with Gasteiger partial charge in [0, 0.05) is 24.5 Å². The van der Waals surface area contributed by atoms with Crippen LogP contribution in [-0.4, -0.2) is 43.2 Å². The molecule has 2 N–H and O–H groups in total. The molecule has 0 bridgehead atoms. The first-order valence-corrected chi connectivity index (χ1v) is 13.7. The Bertz CT molecular complexity index is 859. The van der Waals surface area contributed by atoms with Crippen LogP contribution in [0.3, 0.4) is 0 Å². The Morgan fingerprint density at radius 2 is 1.70 bits per heavy atom. The highest BCUT2D eigenvalue weighted by atomic mass is 16.6. The lowest BCUT2D eigenvalue weighted by Gasteiger charge is -2.63. The lowest BCUT2D eigenvalue weighted by Crippen LogP contribution is -2.60. The number of hydrogen-bond donors (Lipinski definition) is 2. The molecular weight excluding hydrogens is 414 g/mol. The van der Waals surface area contributed by atoms with Crippen molar-refractivity contribution < 1.29 is 19.4 Å². The zero-order chi connectivity index (χ0) is 23.6. The van der Waals surface area contributed by atoms with Gasteiger partial charge in [0.2, 0.25) is 0 Å². The average molecular weight is 460 g/mol. The SMILES string of the molecule is CNC(=O)OC1CCC23CC24CCC2(C)[C@@H]5C(OCC[C@H]5C)[C@H](O)[C@@]2(C)C4CCC3C1(C)C. The van der Waals surface area contributed by atoms with Gasteiger partial charge in [0.05, 0.1) is 12.2 Å². The van der Waals surface area contributed by atoms with Crippen LogP contribution in [-0.2, 0) is 9.47 Å². The molecule has 5 nitrogen and oxygen atoms in total. The van der Waals surface area contributed by atoms with Crippen molar-refractivity contribution in [2.45, 2.75) is 104 Å². The van der Waals surface area contributed by atoms with E-state index in [2.05, 4.69) is 39.9 Å². The van der Waals surface area contributed by atoms with Gasteiger partial charge >= 0.3 is 6.09 Å². The number of rotatable bonds is 1. The molecule has 0 radical (unpaired) electrons. The molecule has 1 heterocycles. The average Bonchev–Trinajstić information content (AvgIpc) is 3.40. The van der Waals surface area contributed by atoms with E-state index in [1.165, 1.54) is 38.5 Å². The molecule has 6 fully saturated rings. The number of fused-ring (bicyclic) bond motifs is 4. The van der Waals surface area contributed by atoms with E-state index < -0.39 is 0 Å². The molecular formula is C28H45NO4. The summed E-state index contributed by atoms with van der Waals surface area (Å²) in [6.45, 7) is 12.9. The second kappa shape index (κ2) is 6.69. The summed E-state index contributed by atoms with van der Waals surface area (Å²) in [7, 11) is 1.65. The maximum atomic E-state index is 12.1. The van der Waals surface area contributed by atoms with Crippen molar-refractivity contribution in [3.63, 3.8) is 0 Å². The van der Waals surface area contributed by atoms with Crippen molar-refractivity contribution in [1.29, 1.82) is 0 Å². The predicted molar refractivity (Wildman–Crippen MR) is 127 cm³/mol. The Kier molecular flexibility index (Phi) is 4.59. The van der Waals surface area contributed by atoms with E-state index >= 15 is 0 Å². The van der Waals surface area contributed by atoms with Crippen LogP contribution in [0.2, 0.25) is 0 Å². The molecule has 6 aliphatic rings. The normalized spacial score (nSPS) is 58.1. The van der Waals surface area contributed by atoms with Crippen molar-refractivity contribution in [3.8, 4) is 0 Å². The largest absolute Gasteiger partial charge is 0.446 e. The predicted octanol–water partition coefficient (Wildman–Crippen LogP) is 5.16. The van der Waals surface area contributed by atoms with Crippen LogP contribution >= 0.6 is 0 Å². The zero-order valence-corrected chi connectivity index (χ0v) is 21.6. The van der Waals surface area contributed by atoms with Gasteiger partial charge in [0.1, 0.15) is 6.10 Å². The molecule has 6 rings (SSSR count). The number of amides is 1. The van der Waals surface area contributed by atoms with Crippen molar-refractivity contribution in [2.24, 2.45) is 50.7 Å². The van der Waals surface area contributed by atoms with Gasteiger partial charge in [-0.2, -0.15) is 0 Å². The van der Waals surface area contributed by atoms with Gasteiger partial charge in [-0.25, -0.2) is 4.79 Å². The summed E-state index contributed by atoms with van der Waals surface area (Å²) in [5, 5.41) is 14.6. The summed E-state index contributed by atoms with van der Waals surface area (Å²) >= 11 is 0. The number of aliphatic hydroxyl groups is 1. The van der Waals surface area contributed by atoms with Crippen LogP contribution in [0.1, 0.15) is 86.0 Å². The molecule has 33 heavy (non-hydrogen) atoms. The molecule has 2 spiro atoms. The van der Waals surface area contributed by atoms with Crippen LogP contribution in [0.5, 0.6) is 0 Å². The Hall–Kier alpha value is -0.810. The molecule has 11 atom stereocenters. The maximum Gasteiger partial charge on any atom is 0.407 e. The third-order valence-corrected chi connectivity index (χ3v) is 13.2. The van der Waals surface area contributed by atoms with Crippen molar-refractivity contribution in [1.82, 2.24) is 5.32 Å². The second-order valence-corrected chi connectivity index (χ2v) is 13.9.